The van der Waals surface area contributed by atoms with E-state index >= 15 is 0 Å². The second kappa shape index (κ2) is 7.76. The number of carbonyl (C=O) groups excluding carboxylic acids is 2. The molecule has 4 nitrogen and oxygen atoms in total. The van der Waals surface area contributed by atoms with E-state index in [-0.39, 0.29) is 18.4 Å². The minimum Gasteiger partial charge on any atom is -0.350 e. The molecule has 144 valence electrons. The van der Waals surface area contributed by atoms with E-state index in [1.807, 2.05) is 92.7 Å². The first-order valence-electron chi connectivity index (χ1n) is 9.58. The van der Waals surface area contributed by atoms with E-state index in [2.05, 4.69) is 5.32 Å². The number of imide groups is 1. The van der Waals surface area contributed by atoms with Crippen molar-refractivity contribution in [2.75, 3.05) is 5.32 Å². The largest absolute Gasteiger partial charge is 0.350 e. The molecule has 0 bridgehead atoms. The van der Waals surface area contributed by atoms with Crippen molar-refractivity contribution in [1.29, 1.82) is 0 Å². The van der Waals surface area contributed by atoms with Gasteiger partial charge < -0.3 is 5.32 Å². The molecule has 2 amide bonds. The van der Waals surface area contributed by atoms with Crippen molar-refractivity contribution in [3.05, 3.63) is 107 Å². The number of carbonyl (C=O) groups is 2. The topological polar surface area (TPSA) is 49.4 Å². The SMILES string of the molecule is Cc1ccc(CN2C(=O)C(Nc3cccc(C)c3)=C(c3ccccc3)C2=O)cc1. The molecule has 0 spiro atoms. The summed E-state index contributed by atoms with van der Waals surface area (Å²) in [7, 11) is 0. The van der Waals surface area contributed by atoms with E-state index in [1.165, 1.54) is 4.90 Å². The number of nitrogens with zero attached hydrogens (tertiary/aromatic N) is 1. The summed E-state index contributed by atoms with van der Waals surface area (Å²) < 4.78 is 0. The van der Waals surface area contributed by atoms with Crippen molar-refractivity contribution in [2.24, 2.45) is 0 Å². The van der Waals surface area contributed by atoms with Crippen LogP contribution in [0.3, 0.4) is 0 Å². The third kappa shape index (κ3) is 3.83. The zero-order valence-corrected chi connectivity index (χ0v) is 16.5. The van der Waals surface area contributed by atoms with E-state index in [4.69, 9.17) is 0 Å². The van der Waals surface area contributed by atoms with Gasteiger partial charge in [0.2, 0.25) is 0 Å². The molecule has 1 heterocycles. The molecule has 1 N–H and O–H groups in total. The maximum Gasteiger partial charge on any atom is 0.278 e. The van der Waals surface area contributed by atoms with Crippen LogP contribution in [0.15, 0.2) is 84.6 Å². The summed E-state index contributed by atoms with van der Waals surface area (Å²) in [5.74, 6) is -0.590. The Kier molecular flexibility index (Phi) is 5.00. The van der Waals surface area contributed by atoms with Crippen molar-refractivity contribution in [3.8, 4) is 0 Å². The Bertz CT molecular complexity index is 1100. The third-order valence-electron chi connectivity index (χ3n) is 4.98. The fraction of sp³-hybridized carbons (Fsp3) is 0.120. The Labute approximate surface area is 170 Å². The van der Waals surface area contributed by atoms with Gasteiger partial charge >= 0.3 is 0 Å². The van der Waals surface area contributed by atoms with Crippen molar-refractivity contribution < 1.29 is 9.59 Å². The number of hydrogen-bond acceptors (Lipinski definition) is 3. The van der Waals surface area contributed by atoms with Crippen molar-refractivity contribution in [1.82, 2.24) is 4.90 Å². The number of aryl methyl sites for hydroxylation is 2. The van der Waals surface area contributed by atoms with Gasteiger partial charge in [0.15, 0.2) is 0 Å². The van der Waals surface area contributed by atoms with Gasteiger partial charge in [0, 0.05) is 5.69 Å². The molecule has 0 saturated carbocycles. The molecule has 4 rings (SSSR count). The molecule has 1 aliphatic rings. The number of amides is 2. The summed E-state index contributed by atoms with van der Waals surface area (Å²) in [5, 5.41) is 3.20. The van der Waals surface area contributed by atoms with Crippen LogP contribution in [0, 0.1) is 13.8 Å². The first-order chi connectivity index (χ1) is 14.0. The van der Waals surface area contributed by atoms with Crippen LogP contribution in [-0.2, 0) is 16.1 Å². The fourth-order valence-corrected chi connectivity index (χ4v) is 3.45. The lowest BCUT2D eigenvalue weighted by Gasteiger charge is -2.15. The van der Waals surface area contributed by atoms with Gasteiger partial charge in [0.1, 0.15) is 5.70 Å². The van der Waals surface area contributed by atoms with Gasteiger partial charge in [0.05, 0.1) is 12.1 Å². The van der Waals surface area contributed by atoms with Gasteiger partial charge in [-0.15, -0.1) is 0 Å². The number of benzene rings is 3. The Hall–Kier alpha value is -3.66. The first kappa shape index (κ1) is 18.7. The van der Waals surface area contributed by atoms with E-state index in [9.17, 15) is 9.59 Å². The van der Waals surface area contributed by atoms with Crippen molar-refractivity contribution in [2.45, 2.75) is 20.4 Å². The van der Waals surface area contributed by atoms with Crippen molar-refractivity contribution in [3.63, 3.8) is 0 Å². The highest BCUT2D eigenvalue weighted by molar-refractivity contribution is 6.36. The van der Waals surface area contributed by atoms with Gasteiger partial charge in [0.25, 0.3) is 11.8 Å². The van der Waals surface area contributed by atoms with E-state index in [0.29, 0.717) is 11.3 Å². The Balaban J connectivity index is 1.72. The van der Waals surface area contributed by atoms with Gasteiger partial charge in [-0.25, -0.2) is 0 Å². The van der Waals surface area contributed by atoms with Crippen LogP contribution in [0.4, 0.5) is 5.69 Å². The van der Waals surface area contributed by atoms with Crippen LogP contribution < -0.4 is 5.32 Å². The monoisotopic (exact) mass is 382 g/mol. The predicted molar refractivity (Wildman–Crippen MR) is 115 cm³/mol. The number of hydrogen-bond donors (Lipinski definition) is 1. The molecule has 0 aromatic heterocycles. The maximum atomic E-state index is 13.3. The maximum absolute atomic E-state index is 13.3. The molecule has 0 saturated heterocycles. The Morgan fingerprint density at radius 3 is 2.17 bits per heavy atom. The molecule has 0 unspecified atom stereocenters. The quantitative estimate of drug-likeness (QED) is 0.651. The van der Waals surface area contributed by atoms with Crippen molar-refractivity contribution >= 4 is 23.1 Å². The molecule has 0 fully saturated rings. The summed E-state index contributed by atoms with van der Waals surface area (Å²) in [6.07, 6.45) is 0. The highest BCUT2D eigenvalue weighted by Crippen LogP contribution is 2.31. The summed E-state index contributed by atoms with van der Waals surface area (Å²) >= 11 is 0. The average molecular weight is 382 g/mol. The van der Waals surface area contributed by atoms with Crippen LogP contribution in [0.5, 0.6) is 0 Å². The van der Waals surface area contributed by atoms with Crippen LogP contribution >= 0.6 is 0 Å². The molecular formula is C25H22N2O2. The molecule has 0 radical (unpaired) electrons. The smallest absolute Gasteiger partial charge is 0.278 e. The first-order valence-corrected chi connectivity index (χ1v) is 9.58. The van der Waals surface area contributed by atoms with Crippen LogP contribution in [-0.4, -0.2) is 16.7 Å². The summed E-state index contributed by atoms with van der Waals surface area (Å²) in [4.78, 5) is 27.8. The number of rotatable bonds is 5. The van der Waals surface area contributed by atoms with E-state index in [0.717, 1.165) is 27.9 Å². The summed E-state index contributed by atoms with van der Waals surface area (Å²) in [5.41, 5.74) is 5.37. The minimum atomic E-state index is -0.309. The highest BCUT2D eigenvalue weighted by atomic mass is 16.2. The van der Waals surface area contributed by atoms with Crippen LogP contribution in [0.1, 0.15) is 22.3 Å². The van der Waals surface area contributed by atoms with Gasteiger partial charge in [-0.3, -0.25) is 14.5 Å². The molecule has 3 aromatic rings. The predicted octanol–water partition coefficient (Wildman–Crippen LogP) is 4.70. The third-order valence-corrected chi connectivity index (χ3v) is 4.98. The van der Waals surface area contributed by atoms with Gasteiger partial charge in [-0.2, -0.15) is 0 Å². The summed E-state index contributed by atoms with van der Waals surface area (Å²) in [6, 6.07) is 25.0. The minimum absolute atomic E-state index is 0.243. The lowest BCUT2D eigenvalue weighted by atomic mass is 10.0. The lowest BCUT2D eigenvalue weighted by molar-refractivity contribution is -0.137. The number of nitrogens with one attached hydrogen (secondary N) is 1. The molecule has 4 heteroatoms. The highest BCUT2D eigenvalue weighted by Gasteiger charge is 2.39. The molecule has 29 heavy (non-hydrogen) atoms. The van der Waals surface area contributed by atoms with E-state index in [1.54, 1.807) is 0 Å². The molecule has 0 aliphatic carbocycles. The molecular weight excluding hydrogens is 360 g/mol. The summed E-state index contributed by atoms with van der Waals surface area (Å²) in [6.45, 7) is 4.24. The second-order valence-corrected chi connectivity index (χ2v) is 7.29. The zero-order valence-electron chi connectivity index (χ0n) is 16.5. The average Bonchev–Trinajstić information content (AvgIpc) is 2.94. The van der Waals surface area contributed by atoms with Crippen LogP contribution in [0.2, 0.25) is 0 Å². The zero-order chi connectivity index (χ0) is 20.4. The van der Waals surface area contributed by atoms with Gasteiger partial charge in [-0.05, 0) is 42.7 Å². The Morgan fingerprint density at radius 1 is 0.759 bits per heavy atom. The molecule has 0 atom stereocenters. The second-order valence-electron chi connectivity index (χ2n) is 7.29. The van der Waals surface area contributed by atoms with Crippen LogP contribution in [0.25, 0.3) is 5.57 Å². The fourth-order valence-electron chi connectivity index (χ4n) is 3.45. The standard InChI is InChI=1S/C25H22N2O2/c1-17-11-13-19(14-12-17)16-27-24(28)22(20-8-4-3-5-9-20)23(25(27)29)26-21-10-6-7-18(2)15-21/h3-15,26H,16H2,1-2H3. The Morgan fingerprint density at radius 2 is 1.48 bits per heavy atom. The lowest BCUT2D eigenvalue weighted by Crippen LogP contribution is -2.32. The van der Waals surface area contributed by atoms with E-state index < -0.39 is 0 Å². The number of anilines is 1. The van der Waals surface area contributed by atoms with Gasteiger partial charge in [-0.1, -0.05) is 72.3 Å². The molecule has 3 aromatic carbocycles. The normalized spacial score (nSPS) is 13.9. The molecule has 1 aliphatic heterocycles.